The summed E-state index contributed by atoms with van der Waals surface area (Å²) in [5.41, 5.74) is 3.90. The normalized spacial score (nSPS) is 14.7. The van der Waals surface area contributed by atoms with E-state index in [1.165, 1.54) is 0 Å². The quantitative estimate of drug-likeness (QED) is 0.298. The molecule has 0 radical (unpaired) electrons. The van der Waals surface area contributed by atoms with Gasteiger partial charge in [-0.25, -0.2) is 13.4 Å². The molecule has 0 atom stereocenters. The number of benzene rings is 2. The van der Waals surface area contributed by atoms with Crippen LogP contribution in [0.25, 0.3) is 16.7 Å². The Hall–Kier alpha value is -3.83. The second-order valence-corrected chi connectivity index (χ2v) is 12.9. The van der Waals surface area contributed by atoms with Crippen molar-refractivity contribution in [3.8, 4) is 11.4 Å². The van der Waals surface area contributed by atoms with E-state index in [-0.39, 0.29) is 6.10 Å². The van der Waals surface area contributed by atoms with Crippen LogP contribution >= 0.6 is 0 Å². The summed E-state index contributed by atoms with van der Waals surface area (Å²) < 4.78 is 35.5. The fraction of sp³-hybridized carbons (Fsp3) is 0.379. The first-order valence-corrected chi connectivity index (χ1v) is 15.1. The number of ether oxygens (including phenoxy) is 1. The van der Waals surface area contributed by atoms with Gasteiger partial charge < -0.3 is 24.4 Å². The first kappa shape index (κ1) is 27.7. The number of rotatable bonds is 9. The van der Waals surface area contributed by atoms with E-state index in [0.717, 1.165) is 54.4 Å². The third-order valence-electron chi connectivity index (χ3n) is 6.85. The van der Waals surface area contributed by atoms with Crippen molar-refractivity contribution in [3.63, 3.8) is 0 Å². The van der Waals surface area contributed by atoms with E-state index >= 15 is 0 Å². The summed E-state index contributed by atoms with van der Waals surface area (Å²) in [6.07, 6.45) is 3.72. The number of nitrogens with zero attached hydrogens (tertiary/aromatic N) is 5. The van der Waals surface area contributed by atoms with Gasteiger partial charge >= 0.3 is 0 Å². The minimum absolute atomic E-state index is 0.0399. The van der Waals surface area contributed by atoms with Crippen LogP contribution in [-0.2, 0) is 10.0 Å². The van der Waals surface area contributed by atoms with Crippen molar-refractivity contribution in [1.29, 1.82) is 0 Å². The minimum Gasteiger partial charge on any atom is -0.489 e. The number of hydrogen-bond donors (Lipinski definition) is 2. The molecule has 0 spiro atoms. The molecule has 11 heteroatoms. The Bertz CT molecular complexity index is 1590. The summed E-state index contributed by atoms with van der Waals surface area (Å²) in [6.45, 7) is 11.3. The van der Waals surface area contributed by atoms with Gasteiger partial charge in [-0.1, -0.05) is 6.07 Å². The van der Waals surface area contributed by atoms with Crippen LogP contribution < -0.4 is 19.7 Å². The third-order valence-corrected chi connectivity index (χ3v) is 8.62. The Morgan fingerprint density at radius 2 is 1.73 bits per heavy atom. The van der Waals surface area contributed by atoms with Gasteiger partial charge in [0.25, 0.3) is 0 Å². The van der Waals surface area contributed by atoms with Gasteiger partial charge in [0.15, 0.2) is 0 Å². The summed E-state index contributed by atoms with van der Waals surface area (Å²) in [4.78, 5) is 14.0. The van der Waals surface area contributed by atoms with E-state index < -0.39 is 15.3 Å². The van der Waals surface area contributed by atoms with Crippen LogP contribution in [0, 0.1) is 0 Å². The van der Waals surface area contributed by atoms with E-state index in [4.69, 9.17) is 9.72 Å². The SMILES string of the molecule is CC(C)Oc1cc(Nc2ncc3ccn(-c4cccc(NS(=O)(=O)C(C)C)c4)c3n2)ccc1N1CCN(C)CC1. The Balaban J connectivity index is 1.42. The molecule has 40 heavy (non-hydrogen) atoms. The van der Waals surface area contributed by atoms with Crippen molar-refractivity contribution in [2.75, 3.05) is 48.2 Å². The van der Waals surface area contributed by atoms with Gasteiger partial charge in [-0.3, -0.25) is 4.72 Å². The molecule has 1 aliphatic heterocycles. The molecule has 10 nitrogen and oxygen atoms in total. The second kappa shape index (κ2) is 11.3. The number of nitrogens with one attached hydrogen (secondary N) is 2. The zero-order chi connectivity index (χ0) is 28.4. The maximum Gasteiger partial charge on any atom is 0.235 e. The summed E-state index contributed by atoms with van der Waals surface area (Å²) in [5.74, 6) is 1.28. The summed E-state index contributed by atoms with van der Waals surface area (Å²) in [5, 5.41) is 3.67. The predicted octanol–water partition coefficient (Wildman–Crippen LogP) is 4.85. The molecule has 1 fully saturated rings. The number of likely N-dealkylation sites (N-methyl/N-ethyl adjacent to an activating group) is 1. The molecule has 1 aliphatic rings. The lowest BCUT2D eigenvalue weighted by atomic mass is 10.2. The number of anilines is 4. The number of aromatic nitrogens is 3. The van der Waals surface area contributed by atoms with Gasteiger partial charge in [-0.2, -0.15) is 4.98 Å². The minimum atomic E-state index is -3.46. The molecule has 2 N–H and O–H groups in total. The third kappa shape index (κ3) is 6.15. The van der Waals surface area contributed by atoms with Crippen LogP contribution in [0.5, 0.6) is 5.75 Å². The van der Waals surface area contributed by atoms with Crippen molar-refractivity contribution in [3.05, 3.63) is 60.9 Å². The highest BCUT2D eigenvalue weighted by Crippen LogP contribution is 2.34. The van der Waals surface area contributed by atoms with Gasteiger partial charge in [0.2, 0.25) is 16.0 Å². The molecule has 0 unspecified atom stereocenters. The lowest BCUT2D eigenvalue weighted by Gasteiger charge is -2.35. The van der Waals surface area contributed by atoms with Gasteiger partial charge in [-0.15, -0.1) is 0 Å². The molecule has 3 heterocycles. The molecular formula is C29H37N7O3S. The summed E-state index contributed by atoms with van der Waals surface area (Å²) in [7, 11) is -1.31. The monoisotopic (exact) mass is 563 g/mol. The first-order chi connectivity index (χ1) is 19.1. The molecular weight excluding hydrogens is 526 g/mol. The van der Waals surface area contributed by atoms with E-state index in [1.54, 1.807) is 32.2 Å². The zero-order valence-corrected chi connectivity index (χ0v) is 24.4. The fourth-order valence-corrected chi connectivity index (χ4v) is 5.26. The van der Waals surface area contributed by atoms with Gasteiger partial charge in [0, 0.05) is 61.4 Å². The van der Waals surface area contributed by atoms with Crippen molar-refractivity contribution in [1.82, 2.24) is 19.4 Å². The highest BCUT2D eigenvalue weighted by molar-refractivity contribution is 7.93. The Morgan fingerprint density at radius 1 is 0.950 bits per heavy atom. The molecule has 4 aromatic rings. The predicted molar refractivity (Wildman–Crippen MR) is 162 cm³/mol. The largest absolute Gasteiger partial charge is 0.489 e. The van der Waals surface area contributed by atoms with Crippen molar-refractivity contribution in [2.45, 2.75) is 39.0 Å². The van der Waals surface area contributed by atoms with Gasteiger partial charge in [0.05, 0.1) is 22.7 Å². The zero-order valence-electron chi connectivity index (χ0n) is 23.6. The van der Waals surface area contributed by atoms with Gasteiger partial charge in [0.1, 0.15) is 11.4 Å². The number of hydrogen-bond acceptors (Lipinski definition) is 8. The van der Waals surface area contributed by atoms with Crippen LogP contribution in [0.15, 0.2) is 60.9 Å². The molecule has 2 aromatic heterocycles. The van der Waals surface area contributed by atoms with Crippen molar-refractivity contribution < 1.29 is 13.2 Å². The molecule has 0 aliphatic carbocycles. The van der Waals surface area contributed by atoms with Crippen molar-refractivity contribution >= 4 is 44.1 Å². The summed E-state index contributed by atoms with van der Waals surface area (Å²) >= 11 is 0. The van der Waals surface area contributed by atoms with E-state index in [0.29, 0.717) is 17.3 Å². The van der Waals surface area contributed by atoms with E-state index in [2.05, 4.69) is 37.9 Å². The van der Waals surface area contributed by atoms with Crippen molar-refractivity contribution in [2.24, 2.45) is 0 Å². The smallest absolute Gasteiger partial charge is 0.235 e. The number of piperazine rings is 1. The lowest BCUT2D eigenvalue weighted by molar-refractivity contribution is 0.241. The fourth-order valence-electron chi connectivity index (χ4n) is 4.57. The maximum atomic E-state index is 12.4. The molecule has 5 rings (SSSR count). The molecule has 0 amide bonds. The highest BCUT2D eigenvalue weighted by Gasteiger charge is 2.20. The average Bonchev–Trinajstić information content (AvgIpc) is 3.32. The Kier molecular flexibility index (Phi) is 7.86. The van der Waals surface area contributed by atoms with E-state index in [9.17, 15) is 8.42 Å². The van der Waals surface area contributed by atoms with Crippen LogP contribution in [0.1, 0.15) is 27.7 Å². The van der Waals surface area contributed by atoms with Gasteiger partial charge in [-0.05, 0) is 71.1 Å². The maximum absolute atomic E-state index is 12.4. The van der Waals surface area contributed by atoms with Crippen LogP contribution in [0.2, 0.25) is 0 Å². The Morgan fingerprint density at radius 3 is 2.45 bits per heavy atom. The standard InChI is InChI=1S/C29H37N7O3S/c1-20(2)39-27-18-23(9-10-26(27)35-15-13-34(5)14-16-35)31-29-30-19-22-11-12-36(28(22)32-29)25-8-6-7-24(17-25)33-40(37,38)21(3)4/h6-12,17-21,33H,13-16H2,1-5H3,(H,30,31,32). The summed E-state index contributed by atoms with van der Waals surface area (Å²) in [6, 6.07) is 15.3. The Labute approximate surface area is 236 Å². The first-order valence-electron chi connectivity index (χ1n) is 13.6. The van der Waals surface area contributed by atoms with Crippen LogP contribution in [0.4, 0.5) is 23.0 Å². The average molecular weight is 564 g/mol. The van der Waals surface area contributed by atoms with Crippen LogP contribution in [-0.4, -0.2) is 72.4 Å². The topological polar surface area (TPSA) is 105 Å². The molecule has 212 valence electrons. The lowest BCUT2D eigenvalue weighted by Crippen LogP contribution is -2.44. The number of fused-ring (bicyclic) bond motifs is 1. The molecule has 0 bridgehead atoms. The molecule has 0 saturated carbocycles. The van der Waals surface area contributed by atoms with E-state index in [1.807, 2.05) is 54.9 Å². The highest BCUT2D eigenvalue weighted by atomic mass is 32.2. The van der Waals surface area contributed by atoms with Crippen LogP contribution in [0.3, 0.4) is 0 Å². The molecule has 2 aromatic carbocycles. The molecule has 1 saturated heterocycles. The second-order valence-electron chi connectivity index (χ2n) is 10.7. The number of sulfonamides is 1.